The van der Waals surface area contributed by atoms with Crippen molar-refractivity contribution in [3.63, 3.8) is 0 Å². The van der Waals surface area contributed by atoms with Gasteiger partial charge in [0.05, 0.1) is 15.6 Å². The summed E-state index contributed by atoms with van der Waals surface area (Å²) < 4.78 is 0. The highest BCUT2D eigenvalue weighted by atomic mass is 35.5. The van der Waals surface area contributed by atoms with Crippen LogP contribution in [0.15, 0.2) is 40.2 Å². The minimum Gasteiger partial charge on any atom is -0.277 e. The number of amidine groups is 1. The van der Waals surface area contributed by atoms with Gasteiger partial charge in [0.2, 0.25) is 0 Å². The number of benzene rings is 2. The van der Waals surface area contributed by atoms with Gasteiger partial charge in [0.25, 0.3) is 5.91 Å². The van der Waals surface area contributed by atoms with Crippen molar-refractivity contribution in [2.45, 2.75) is 43.4 Å². The largest absolute Gasteiger partial charge is 0.277 e. The van der Waals surface area contributed by atoms with Crippen molar-refractivity contribution in [2.24, 2.45) is 4.99 Å². The predicted molar refractivity (Wildman–Crippen MR) is 125 cm³/mol. The number of halogens is 4. The number of aryl methyl sites for hydroxylation is 1. The van der Waals surface area contributed by atoms with Crippen LogP contribution in [0.4, 0.5) is 5.69 Å². The lowest BCUT2D eigenvalue weighted by atomic mass is 10.1. The first-order valence-corrected chi connectivity index (χ1v) is 11.1. The first kappa shape index (κ1) is 22.6. The molecule has 1 heterocycles. The smallest absolute Gasteiger partial charge is 0.267 e. The van der Waals surface area contributed by atoms with Gasteiger partial charge in [0.1, 0.15) is 16.8 Å². The molecule has 1 amide bonds. The Labute approximate surface area is 194 Å². The van der Waals surface area contributed by atoms with Crippen LogP contribution in [0.2, 0.25) is 20.1 Å². The number of hydrogen-bond acceptors (Lipinski definition) is 3. The van der Waals surface area contributed by atoms with E-state index in [2.05, 4.69) is 5.43 Å². The van der Waals surface area contributed by atoms with Gasteiger partial charge in [0.15, 0.2) is 0 Å². The van der Waals surface area contributed by atoms with E-state index in [0.717, 1.165) is 10.5 Å². The fourth-order valence-electron chi connectivity index (χ4n) is 2.80. The zero-order chi connectivity index (χ0) is 21.5. The molecule has 0 bridgehead atoms. The van der Waals surface area contributed by atoms with Crippen LogP contribution in [0.3, 0.4) is 0 Å². The number of thioether (sulfide) groups is 1. The highest BCUT2D eigenvalue weighted by Crippen LogP contribution is 2.40. The molecule has 0 aromatic heterocycles. The first-order valence-electron chi connectivity index (χ1n) is 8.74. The lowest BCUT2D eigenvalue weighted by molar-refractivity contribution is -0.116. The van der Waals surface area contributed by atoms with E-state index in [1.54, 1.807) is 18.2 Å². The number of amides is 1. The maximum atomic E-state index is 13.4. The van der Waals surface area contributed by atoms with Gasteiger partial charge in [0, 0.05) is 14.9 Å². The second-order valence-corrected chi connectivity index (χ2v) is 10.4. The zero-order valence-corrected chi connectivity index (χ0v) is 20.0. The molecule has 29 heavy (non-hydrogen) atoms. The van der Waals surface area contributed by atoms with Crippen LogP contribution >= 0.6 is 58.2 Å². The molecule has 0 aliphatic carbocycles. The number of nitrogens with one attached hydrogen (secondary N) is 1. The Kier molecular flexibility index (Phi) is 6.66. The summed E-state index contributed by atoms with van der Waals surface area (Å²) in [5.74, 6) is 0.308. The van der Waals surface area contributed by atoms with E-state index in [1.807, 2.05) is 39.8 Å². The van der Waals surface area contributed by atoms with E-state index in [4.69, 9.17) is 51.4 Å². The third kappa shape index (κ3) is 5.15. The van der Waals surface area contributed by atoms with Gasteiger partial charge >= 0.3 is 0 Å². The Morgan fingerprint density at radius 3 is 2.21 bits per heavy atom. The summed E-state index contributed by atoms with van der Waals surface area (Å²) in [6, 6.07) is 8.65. The molecular formula is C20H19Cl4N3OS. The summed E-state index contributed by atoms with van der Waals surface area (Å²) in [7, 11) is 0. The normalized spacial score (nSPS) is 18.5. The predicted octanol–water partition coefficient (Wildman–Crippen LogP) is 6.82. The van der Waals surface area contributed by atoms with Crippen molar-refractivity contribution < 1.29 is 4.79 Å². The second-order valence-electron chi connectivity index (χ2n) is 7.58. The molecule has 1 aliphatic rings. The van der Waals surface area contributed by atoms with Crippen LogP contribution in [0.25, 0.3) is 0 Å². The lowest BCUT2D eigenvalue weighted by Gasteiger charge is -2.20. The van der Waals surface area contributed by atoms with Crippen molar-refractivity contribution in [3.05, 3.63) is 56.0 Å². The molecule has 1 fully saturated rings. The van der Waals surface area contributed by atoms with E-state index >= 15 is 0 Å². The Balaban J connectivity index is 2.04. The molecule has 3 rings (SSSR count). The fraction of sp³-hybridized carbons (Fsp3) is 0.300. The number of nitrogens with zero attached hydrogens (tertiary/aromatic N) is 2. The summed E-state index contributed by atoms with van der Waals surface area (Å²) in [4.78, 5) is 19.0. The van der Waals surface area contributed by atoms with E-state index in [9.17, 15) is 4.79 Å². The molecule has 1 atom stereocenters. The van der Waals surface area contributed by atoms with Crippen molar-refractivity contribution in [1.82, 2.24) is 5.43 Å². The Morgan fingerprint density at radius 2 is 1.66 bits per heavy atom. The van der Waals surface area contributed by atoms with Gasteiger partial charge in [-0.1, -0.05) is 46.4 Å². The number of carbonyl (C=O) groups is 1. The molecule has 4 nitrogen and oxygen atoms in total. The molecule has 1 unspecified atom stereocenters. The van der Waals surface area contributed by atoms with Crippen LogP contribution in [-0.4, -0.2) is 22.5 Å². The summed E-state index contributed by atoms with van der Waals surface area (Å²) in [6.45, 7) is 7.84. The molecule has 1 saturated heterocycles. The molecule has 2 aromatic rings. The van der Waals surface area contributed by atoms with Gasteiger partial charge in [-0.3, -0.25) is 15.2 Å². The maximum absolute atomic E-state index is 13.4. The van der Waals surface area contributed by atoms with E-state index in [-0.39, 0.29) is 21.5 Å². The van der Waals surface area contributed by atoms with Crippen LogP contribution in [0.1, 0.15) is 26.3 Å². The van der Waals surface area contributed by atoms with E-state index in [0.29, 0.717) is 21.6 Å². The third-order valence-electron chi connectivity index (χ3n) is 3.96. The van der Waals surface area contributed by atoms with Gasteiger partial charge < -0.3 is 0 Å². The molecule has 1 aliphatic heterocycles. The highest BCUT2D eigenvalue weighted by Gasteiger charge is 2.41. The SMILES string of the molecule is Cc1cc(Cl)ccc1SC1C(=O)N(c2c(Cl)cc(Cl)cc2Cl)NC1=NC(C)(C)C. The Morgan fingerprint density at radius 1 is 1.03 bits per heavy atom. The number of aliphatic imine (C=N–C) groups is 1. The number of carbonyl (C=O) groups excluding carboxylic acids is 1. The number of hydrogen-bond donors (Lipinski definition) is 1. The Bertz CT molecular complexity index is 981. The summed E-state index contributed by atoms with van der Waals surface area (Å²) in [6.07, 6.45) is 0. The van der Waals surface area contributed by atoms with Gasteiger partial charge in [-0.2, -0.15) is 0 Å². The maximum Gasteiger partial charge on any atom is 0.267 e. The molecule has 2 aromatic carbocycles. The van der Waals surface area contributed by atoms with Crippen molar-refractivity contribution in [1.29, 1.82) is 0 Å². The Hall–Kier alpha value is -1.11. The summed E-state index contributed by atoms with van der Waals surface area (Å²) >= 11 is 26.2. The lowest BCUT2D eigenvalue weighted by Crippen LogP contribution is -2.37. The molecular weight excluding hydrogens is 472 g/mol. The van der Waals surface area contributed by atoms with Gasteiger partial charge in [-0.15, -0.1) is 11.8 Å². The molecule has 9 heteroatoms. The number of rotatable bonds is 3. The van der Waals surface area contributed by atoms with Crippen LogP contribution in [-0.2, 0) is 4.79 Å². The molecule has 154 valence electrons. The molecule has 0 saturated carbocycles. The topological polar surface area (TPSA) is 44.7 Å². The van der Waals surface area contributed by atoms with Crippen molar-refractivity contribution >= 4 is 75.6 Å². The molecule has 0 spiro atoms. The molecule has 1 N–H and O–H groups in total. The standard InChI is InChI=1S/C20H19Cl4N3OS/c1-10-7-11(21)5-6-15(10)29-17-18(25-20(2,3)4)26-27(19(17)28)16-13(23)8-12(22)9-14(16)24/h5-9,17H,1-4H3,(H,25,26). The zero-order valence-electron chi connectivity index (χ0n) is 16.2. The highest BCUT2D eigenvalue weighted by molar-refractivity contribution is 8.01. The average molecular weight is 491 g/mol. The van der Waals surface area contributed by atoms with E-state index in [1.165, 1.54) is 16.8 Å². The monoisotopic (exact) mass is 489 g/mol. The van der Waals surface area contributed by atoms with Crippen LogP contribution < -0.4 is 10.4 Å². The fourth-order valence-corrected chi connectivity index (χ4v) is 5.08. The third-order valence-corrected chi connectivity index (χ3v) is 6.36. The van der Waals surface area contributed by atoms with Crippen LogP contribution in [0.5, 0.6) is 0 Å². The summed E-state index contributed by atoms with van der Waals surface area (Å²) in [5.41, 5.74) is 4.03. The average Bonchev–Trinajstić information content (AvgIpc) is 2.84. The minimum absolute atomic E-state index is 0.224. The van der Waals surface area contributed by atoms with E-state index < -0.39 is 5.25 Å². The van der Waals surface area contributed by atoms with Crippen LogP contribution in [0, 0.1) is 6.92 Å². The van der Waals surface area contributed by atoms with Crippen molar-refractivity contribution in [2.75, 3.05) is 5.01 Å². The quantitative estimate of drug-likeness (QED) is 0.513. The van der Waals surface area contributed by atoms with Crippen molar-refractivity contribution in [3.8, 4) is 0 Å². The number of hydrazine groups is 1. The summed E-state index contributed by atoms with van der Waals surface area (Å²) in [5, 5.41) is 2.33. The second kappa shape index (κ2) is 8.56. The first-order chi connectivity index (χ1) is 13.5. The minimum atomic E-state index is -0.586. The van der Waals surface area contributed by atoms with Gasteiger partial charge in [-0.25, -0.2) is 5.01 Å². The van der Waals surface area contributed by atoms with Gasteiger partial charge in [-0.05, 0) is 63.6 Å². The molecule has 0 radical (unpaired) electrons. The number of anilines is 1.